The maximum atomic E-state index is 13.2. The Hall–Kier alpha value is -1.53. The van der Waals surface area contributed by atoms with E-state index in [2.05, 4.69) is 5.32 Å². The van der Waals surface area contributed by atoms with E-state index in [1.807, 2.05) is 0 Å². The molecule has 3 N–H and O–H groups in total. The highest BCUT2D eigenvalue weighted by Gasteiger charge is 2.12. The number of anilines is 2. The average molecular weight is 290 g/mol. The number of hydrogen-bond acceptors (Lipinski definition) is 4. The summed E-state index contributed by atoms with van der Waals surface area (Å²) in [6, 6.07) is 2.53. The van der Waals surface area contributed by atoms with Crippen LogP contribution >= 0.6 is 11.6 Å². The number of ether oxygens (including phenoxy) is 1. The first-order valence-electron chi connectivity index (χ1n) is 5.67. The zero-order valence-electron chi connectivity index (χ0n) is 10.9. The topological polar surface area (TPSA) is 67.6 Å². The smallest absolute Gasteiger partial charge is 0.239 e. The second kappa shape index (κ2) is 7.16. The number of halogens is 2. The van der Waals surface area contributed by atoms with Crippen molar-refractivity contribution in [3.8, 4) is 0 Å². The summed E-state index contributed by atoms with van der Waals surface area (Å²) in [6.45, 7) is 0.971. The quantitative estimate of drug-likeness (QED) is 0.611. The zero-order chi connectivity index (χ0) is 14.4. The number of rotatable bonds is 6. The molecule has 0 atom stereocenters. The van der Waals surface area contributed by atoms with E-state index in [0.29, 0.717) is 18.8 Å². The molecule has 1 rings (SSSR count). The maximum absolute atomic E-state index is 13.2. The van der Waals surface area contributed by atoms with Gasteiger partial charge in [0.2, 0.25) is 5.91 Å². The van der Waals surface area contributed by atoms with Crippen LogP contribution in [0.2, 0.25) is 5.02 Å². The number of likely N-dealkylation sites (N-methyl/N-ethyl adjacent to an activating group) is 1. The van der Waals surface area contributed by atoms with Crippen LogP contribution in [-0.4, -0.2) is 39.8 Å². The number of carbonyl (C=O) groups excluding carboxylic acids is 1. The fraction of sp³-hybridized carbons (Fsp3) is 0.417. The fourth-order valence-electron chi connectivity index (χ4n) is 1.53. The van der Waals surface area contributed by atoms with Crippen molar-refractivity contribution >= 4 is 28.9 Å². The van der Waals surface area contributed by atoms with Crippen LogP contribution in [0.1, 0.15) is 0 Å². The minimum absolute atomic E-state index is 0.0316. The highest BCUT2D eigenvalue weighted by Crippen LogP contribution is 2.28. The van der Waals surface area contributed by atoms with Gasteiger partial charge >= 0.3 is 0 Å². The van der Waals surface area contributed by atoms with Crippen molar-refractivity contribution in [2.24, 2.45) is 0 Å². The summed E-state index contributed by atoms with van der Waals surface area (Å²) in [5, 5.41) is 2.64. The van der Waals surface area contributed by atoms with Gasteiger partial charge in [0, 0.05) is 26.8 Å². The van der Waals surface area contributed by atoms with E-state index in [4.69, 9.17) is 22.1 Å². The van der Waals surface area contributed by atoms with Crippen molar-refractivity contribution in [2.45, 2.75) is 0 Å². The van der Waals surface area contributed by atoms with Crippen LogP contribution in [-0.2, 0) is 9.53 Å². The molecule has 7 heteroatoms. The Balaban J connectivity index is 2.65. The second-order valence-electron chi connectivity index (χ2n) is 4.02. The molecule has 0 aromatic heterocycles. The van der Waals surface area contributed by atoms with Crippen LogP contribution in [0.25, 0.3) is 0 Å². The highest BCUT2D eigenvalue weighted by atomic mass is 35.5. The third kappa shape index (κ3) is 4.57. The van der Waals surface area contributed by atoms with Gasteiger partial charge < -0.3 is 20.7 Å². The molecule has 0 aliphatic heterocycles. The van der Waals surface area contributed by atoms with Crippen LogP contribution in [0.15, 0.2) is 12.1 Å². The summed E-state index contributed by atoms with van der Waals surface area (Å²) in [5.74, 6) is -0.764. The number of carbonyl (C=O) groups is 1. The summed E-state index contributed by atoms with van der Waals surface area (Å²) in [4.78, 5) is 13.2. The van der Waals surface area contributed by atoms with Crippen molar-refractivity contribution in [3.05, 3.63) is 23.0 Å². The number of benzene rings is 1. The van der Waals surface area contributed by atoms with Gasteiger partial charge in [-0.25, -0.2) is 4.39 Å². The van der Waals surface area contributed by atoms with Gasteiger partial charge in [0.15, 0.2) is 0 Å². The number of amides is 1. The molecule has 0 unspecified atom stereocenters. The number of nitrogens with one attached hydrogen (secondary N) is 1. The third-order valence-corrected chi connectivity index (χ3v) is 2.78. The largest absolute Gasteiger partial charge is 0.397 e. The van der Waals surface area contributed by atoms with Crippen LogP contribution in [0.4, 0.5) is 15.8 Å². The predicted octanol–water partition coefficient (Wildman–Crippen LogP) is 1.26. The van der Waals surface area contributed by atoms with Gasteiger partial charge in [-0.2, -0.15) is 0 Å². The van der Waals surface area contributed by atoms with Gasteiger partial charge in [0.05, 0.1) is 29.5 Å². The normalized spacial score (nSPS) is 10.3. The lowest BCUT2D eigenvalue weighted by atomic mass is 10.2. The van der Waals surface area contributed by atoms with E-state index in [1.165, 1.54) is 6.07 Å². The van der Waals surface area contributed by atoms with Crippen molar-refractivity contribution < 1.29 is 13.9 Å². The fourth-order valence-corrected chi connectivity index (χ4v) is 1.69. The van der Waals surface area contributed by atoms with Gasteiger partial charge in [-0.15, -0.1) is 0 Å². The Kier molecular flexibility index (Phi) is 5.85. The summed E-state index contributed by atoms with van der Waals surface area (Å²) in [6.07, 6.45) is 0. The van der Waals surface area contributed by atoms with Crippen LogP contribution < -0.4 is 16.0 Å². The first-order valence-corrected chi connectivity index (χ1v) is 6.04. The van der Waals surface area contributed by atoms with Gasteiger partial charge in [-0.05, 0) is 6.07 Å². The molecule has 0 aliphatic rings. The monoisotopic (exact) mass is 289 g/mol. The lowest BCUT2D eigenvalue weighted by molar-refractivity contribution is -0.119. The van der Waals surface area contributed by atoms with E-state index >= 15 is 0 Å². The van der Waals surface area contributed by atoms with Crippen molar-refractivity contribution in [2.75, 3.05) is 44.5 Å². The van der Waals surface area contributed by atoms with Crippen molar-refractivity contribution in [1.29, 1.82) is 0 Å². The number of nitrogens with two attached hydrogens (primary N) is 1. The van der Waals surface area contributed by atoms with Crippen LogP contribution in [0, 0.1) is 5.82 Å². The molecule has 19 heavy (non-hydrogen) atoms. The standard InChI is InChI=1S/C12H17ClFN3O2/c1-17(7-12(18)16-3-4-19-2)11-5-8(13)9(14)6-10(11)15/h5-6H,3-4,7,15H2,1-2H3,(H,16,18). The molecule has 0 saturated carbocycles. The molecule has 106 valence electrons. The average Bonchev–Trinajstić information content (AvgIpc) is 2.34. The van der Waals surface area contributed by atoms with Crippen molar-refractivity contribution in [1.82, 2.24) is 5.32 Å². The van der Waals surface area contributed by atoms with Gasteiger partial charge in [-0.1, -0.05) is 11.6 Å². The molecule has 0 saturated heterocycles. The van der Waals surface area contributed by atoms with Gasteiger partial charge in [0.1, 0.15) is 5.82 Å². The van der Waals surface area contributed by atoms with E-state index < -0.39 is 5.82 Å². The summed E-state index contributed by atoms with van der Waals surface area (Å²) >= 11 is 5.69. The molecule has 1 aromatic carbocycles. The zero-order valence-corrected chi connectivity index (χ0v) is 11.6. The molecular formula is C12H17ClFN3O2. The van der Waals surface area contributed by atoms with Crippen LogP contribution in [0.3, 0.4) is 0 Å². The number of nitrogens with zero attached hydrogens (tertiary/aromatic N) is 1. The summed E-state index contributed by atoms with van der Waals surface area (Å²) in [7, 11) is 3.23. The van der Waals surface area contributed by atoms with E-state index in [-0.39, 0.29) is 23.2 Å². The summed E-state index contributed by atoms with van der Waals surface area (Å²) < 4.78 is 18.0. The molecule has 1 amide bonds. The lowest BCUT2D eigenvalue weighted by Crippen LogP contribution is -2.36. The Labute approximate surface area is 116 Å². The minimum Gasteiger partial charge on any atom is -0.397 e. The van der Waals surface area contributed by atoms with E-state index in [1.54, 1.807) is 19.1 Å². The SMILES string of the molecule is COCCNC(=O)CN(C)c1cc(Cl)c(F)cc1N. The Morgan fingerprint density at radius 2 is 2.26 bits per heavy atom. The summed E-state index contributed by atoms with van der Waals surface area (Å²) in [5.41, 5.74) is 6.43. The first kappa shape index (κ1) is 15.5. The first-order chi connectivity index (χ1) is 8.95. The molecule has 0 aliphatic carbocycles. The van der Waals surface area contributed by atoms with Gasteiger partial charge in [-0.3, -0.25) is 4.79 Å². The number of methoxy groups -OCH3 is 1. The molecule has 1 aromatic rings. The molecule has 0 fully saturated rings. The number of hydrogen-bond donors (Lipinski definition) is 2. The second-order valence-corrected chi connectivity index (χ2v) is 4.43. The van der Waals surface area contributed by atoms with E-state index in [0.717, 1.165) is 6.07 Å². The Bertz CT molecular complexity index is 457. The van der Waals surface area contributed by atoms with Crippen molar-refractivity contribution in [3.63, 3.8) is 0 Å². The highest BCUT2D eigenvalue weighted by molar-refractivity contribution is 6.31. The third-order valence-electron chi connectivity index (χ3n) is 2.49. The Morgan fingerprint density at radius 1 is 1.58 bits per heavy atom. The van der Waals surface area contributed by atoms with Crippen LogP contribution in [0.5, 0.6) is 0 Å². The lowest BCUT2D eigenvalue weighted by Gasteiger charge is -2.21. The molecular weight excluding hydrogens is 273 g/mol. The van der Waals surface area contributed by atoms with E-state index in [9.17, 15) is 9.18 Å². The maximum Gasteiger partial charge on any atom is 0.239 e. The number of nitrogen functional groups attached to an aromatic ring is 1. The molecule has 0 radical (unpaired) electrons. The molecule has 0 bridgehead atoms. The minimum atomic E-state index is -0.583. The Morgan fingerprint density at radius 3 is 2.89 bits per heavy atom. The molecule has 0 heterocycles. The molecule has 5 nitrogen and oxygen atoms in total. The predicted molar refractivity (Wildman–Crippen MR) is 74.0 cm³/mol. The van der Waals surface area contributed by atoms with Gasteiger partial charge in [0.25, 0.3) is 0 Å². The molecule has 0 spiro atoms.